The van der Waals surface area contributed by atoms with Crippen LogP contribution in [0.4, 0.5) is 69.3 Å². The summed E-state index contributed by atoms with van der Waals surface area (Å²) >= 11 is 0. The molecule has 2 aromatic carbocycles. The molecule has 147 heavy (non-hydrogen) atoms. The molecule has 5 aliphatic rings. The first kappa shape index (κ1) is 108. The number of piperidine rings is 4. The zero-order valence-electron chi connectivity index (χ0n) is 86.7. The van der Waals surface area contributed by atoms with E-state index in [2.05, 4.69) is 138 Å². The molecule has 4 saturated heterocycles. The predicted molar refractivity (Wildman–Crippen MR) is 559 cm³/mol. The van der Waals surface area contributed by atoms with E-state index in [9.17, 15) is 53.7 Å². The van der Waals surface area contributed by atoms with Gasteiger partial charge in [-0.3, -0.25) is 66.7 Å². The molecule has 0 aliphatic carbocycles. The van der Waals surface area contributed by atoms with Crippen LogP contribution in [0.25, 0.3) is 0 Å². The normalized spacial score (nSPS) is 18.7. The summed E-state index contributed by atoms with van der Waals surface area (Å²) < 4.78 is 8.53. The molecule has 17 rings (SSSR count). The van der Waals surface area contributed by atoms with E-state index in [-0.39, 0.29) is 122 Å². The average molecular weight is 2010 g/mol. The number of benzene rings is 2. The first-order valence-corrected chi connectivity index (χ1v) is 50.1. The van der Waals surface area contributed by atoms with Gasteiger partial charge < -0.3 is 79.1 Å². The van der Waals surface area contributed by atoms with Crippen molar-refractivity contribution in [1.82, 2.24) is 93.8 Å². The van der Waals surface area contributed by atoms with Gasteiger partial charge in [-0.05, 0) is 192 Å². The van der Waals surface area contributed by atoms with Crippen LogP contribution in [-0.2, 0) is 57.0 Å². The van der Waals surface area contributed by atoms with E-state index in [1.165, 1.54) is 0 Å². The number of hydrogen-bond acceptors (Lipinski definition) is 33. The summed E-state index contributed by atoms with van der Waals surface area (Å²) in [5.74, 6) is 1.59. The van der Waals surface area contributed by atoms with Crippen LogP contribution in [0.15, 0.2) is 141 Å². The molecule has 15 heterocycles. The molecule has 0 radical (unpaired) electrons. The number of carbonyl (C=O) groups excluding carboxylic acids is 8. The molecule has 12 aromatic rings. The van der Waals surface area contributed by atoms with Crippen LogP contribution in [0.5, 0.6) is 0 Å². The van der Waals surface area contributed by atoms with Gasteiger partial charge >= 0.3 is 0 Å². The number of nitrogens with zero attached hydrogens (tertiary/aromatic N) is 23. The van der Waals surface area contributed by atoms with Gasteiger partial charge in [0.15, 0.2) is 69.2 Å². The van der Waals surface area contributed by atoms with Crippen LogP contribution in [0.1, 0.15) is 291 Å². The molecule has 0 unspecified atom stereocenters. The van der Waals surface area contributed by atoms with Gasteiger partial charge in [0.2, 0.25) is 0 Å². The number of aromatic nitrogens is 19. The molecule has 5 aliphatic heterocycles. The van der Waals surface area contributed by atoms with E-state index in [4.69, 9.17) is 37.9 Å². The Morgan fingerprint density at radius 3 is 1.02 bits per heavy atom. The van der Waals surface area contributed by atoms with Crippen molar-refractivity contribution >= 4 is 116 Å². The van der Waals surface area contributed by atoms with Crippen molar-refractivity contribution in [2.45, 2.75) is 239 Å². The Hall–Kier alpha value is -15.2. The minimum absolute atomic E-state index is 0.0123. The van der Waals surface area contributed by atoms with Gasteiger partial charge in [0.25, 0.3) is 23.6 Å². The lowest BCUT2D eigenvalue weighted by Crippen LogP contribution is -2.44. The lowest BCUT2D eigenvalue weighted by Gasteiger charge is -2.40. The fourth-order valence-corrected chi connectivity index (χ4v) is 20.2. The summed E-state index contributed by atoms with van der Waals surface area (Å²) in [7, 11) is 7.18. The summed E-state index contributed by atoms with van der Waals surface area (Å²) in [6, 6.07) is 18.4. The number of aryl methyl sites for hydroxylation is 6. The fraction of sp³-hybridized carbons (Fsp3) is 0.467. The first-order valence-electron chi connectivity index (χ1n) is 50.1. The molecule has 8 atom stereocenters. The Labute approximate surface area is 854 Å². The van der Waals surface area contributed by atoms with E-state index < -0.39 is 40.4 Å². The number of Topliss-reactive ketones (excluding diaryl/α,β-unsaturated/α-hetero) is 4. The van der Waals surface area contributed by atoms with E-state index in [0.717, 1.165) is 113 Å². The first-order chi connectivity index (χ1) is 69.7. The highest BCUT2D eigenvalue weighted by atomic mass is 16.3. The van der Waals surface area contributed by atoms with Gasteiger partial charge in [0.05, 0.1) is 89.1 Å². The number of aliphatic hydroxyl groups is 3. The lowest BCUT2D eigenvalue weighted by molar-refractivity contribution is 0.0283. The number of nitrogens with two attached hydrogens (primary N) is 4. The van der Waals surface area contributed by atoms with Crippen molar-refractivity contribution in [2.75, 3.05) is 67.0 Å². The Morgan fingerprint density at radius 1 is 0.401 bits per heavy atom. The maximum atomic E-state index is 13.2. The third kappa shape index (κ3) is 25.8. The molecule has 10 aromatic heterocycles. The van der Waals surface area contributed by atoms with Gasteiger partial charge in [-0.2, -0.15) is 25.5 Å². The monoisotopic (exact) mass is 2010 g/mol. The van der Waals surface area contributed by atoms with Crippen molar-refractivity contribution in [2.24, 2.45) is 74.8 Å². The number of pyridine rings is 1. The van der Waals surface area contributed by atoms with Crippen LogP contribution in [0.3, 0.4) is 0 Å². The van der Waals surface area contributed by atoms with Gasteiger partial charge in [-0.25, -0.2) is 39.9 Å². The molecule has 4 fully saturated rings. The Kier molecular flexibility index (Phi) is 33.4. The maximum absolute atomic E-state index is 13.2. The number of anilines is 12. The highest BCUT2D eigenvalue weighted by Gasteiger charge is 2.40. The second-order valence-electron chi connectivity index (χ2n) is 40.8. The van der Waals surface area contributed by atoms with Gasteiger partial charge in [0.1, 0.15) is 34.7 Å². The number of ketones is 4. The standard InChI is InChI=1S/C28H37N7O3.C27H35N7O3.C25H33N9O2.C25H32N8O3/c1-5-28(38,6-2)21-11-9-19(10-12-21)23(36)14-20-8-7-13-35(18(20)3)24-16-30-25(26(29)37)27(33-24)32-22-15-31-34(4)17-22;1-16-11-19(8-9-21(16)27(3,4)37)22(35)12-18-7-6-10-34(17(18)2)23-14-29-24(25(28)36)26(32-23)31-20-13-30-33(5)15-20;1-15-16(10-19(35)18-11-20-25(2,3)7-9-34(20)31-18)6-5-8-33(15)21-13-27-22(23(26)36)24(30-21)29-17-12-28-32(4)14-17;1-15-16(10-20(34)19-8-7-17(11-27-19)25(2,3)36)6-5-9-33(15)21-13-28-22(23(26)35)24(31-21)30-18-12-29-32(4)14-18/h9-12,15-18,20,38H,5-8,13-14H2,1-4H3,(H2,29,37)(H,32,33);8-9,11,13-15,17-18,37H,6-7,10,12H2,1-5H3,(H2,28,36)(H,31,32);11-16H,5-10H2,1-4H3,(H2,26,36)(H,29,30);7-8,11-16,36H,5-6,9-10H2,1-4H3,(H2,26,35)(H,30,31)/t18-,20+;17-,18+;2*15-,16+/m1111/s1. The van der Waals surface area contributed by atoms with Gasteiger partial charge in [-0.1, -0.05) is 70.2 Å². The summed E-state index contributed by atoms with van der Waals surface area (Å²) in [6.07, 6.45) is 32.6. The van der Waals surface area contributed by atoms with E-state index in [0.29, 0.717) is 113 Å². The number of carbonyl (C=O) groups is 8. The third-order valence-electron chi connectivity index (χ3n) is 29.0. The summed E-state index contributed by atoms with van der Waals surface area (Å²) in [5, 5.41) is 64.8. The van der Waals surface area contributed by atoms with Crippen LogP contribution >= 0.6 is 0 Å². The molecular formula is C105H137N31O11. The average Bonchev–Trinajstić information content (AvgIpc) is 1.63. The highest BCUT2D eigenvalue weighted by molar-refractivity contribution is 6.01. The fourth-order valence-electron chi connectivity index (χ4n) is 20.2. The number of fused-ring (bicyclic) bond motifs is 1. The molecule has 0 bridgehead atoms. The van der Waals surface area contributed by atoms with Crippen LogP contribution < -0.4 is 63.8 Å². The Balaban J connectivity index is 0.000000155. The van der Waals surface area contributed by atoms with Crippen LogP contribution in [0, 0.1) is 30.6 Å². The van der Waals surface area contributed by atoms with Crippen molar-refractivity contribution < 1.29 is 53.7 Å². The van der Waals surface area contributed by atoms with Gasteiger partial charge in [0, 0.05) is 170 Å². The zero-order valence-corrected chi connectivity index (χ0v) is 86.7. The second-order valence-corrected chi connectivity index (χ2v) is 40.8. The van der Waals surface area contributed by atoms with Crippen LogP contribution in [-0.4, -0.2) is 206 Å². The third-order valence-corrected chi connectivity index (χ3v) is 29.0. The lowest BCUT2D eigenvalue weighted by atomic mass is 9.84. The van der Waals surface area contributed by atoms with E-state index >= 15 is 0 Å². The minimum Gasteiger partial charge on any atom is -0.386 e. The van der Waals surface area contributed by atoms with Crippen molar-refractivity contribution in [3.05, 3.63) is 214 Å². The summed E-state index contributed by atoms with van der Waals surface area (Å²) in [6.45, 7) is 29.4. The number of amides is 4. The minimum atomic E-state index is -1.01. The molecule has 15 N–H and O–H groups in total. The zero-order chi connectivity index (χ0) is 106. The number of primary amides is 4. The van der Waals surface area contributed by atoms with Crippen LogP contribution in [0.2, 0.25) is 0 Å². The quantitative estimate of drug-likeness (QED) is 0.0170. The number of rotatable bonds is 33. The molecule has 778 valence electrons. The Morgan fingerprint density at radius 2 is 0.728 bits per heavy atom. The van der Waals surface area contributed by atoms with Gasteiger partial charge in [-0.15, -0.1) is 0 Å². The molecule has 0 spiro atoms. The van der Waals surface area contributed by atoms with E-state index in [1.807, 2.05) is 67.9 Å². The molecular weight excluding hydrogens is 1870 g/mol. The molecule has 0 saturated carbocycles. The van der Waals surface area contributed by atoms with Crippen molar-refractivity contribution in [3.63, 3.8) is 0 Å². The maximum Gasteiger partial charge on any atom is 0.271 e. The van der Waals surface area contributed by atoms with Crippen molar-refractivity contribution in [1.29, 1.82) is 0 Å². The summed E-state index contributed by atoms with van der Waals surface area (Å²) in [5.41, 5.74) is 28.9. The largest absolute Gasteiger partial charge is 0.386 e. The SMILES string of the molecule is CCC(O)(CC)c1ccc(C(=O)C[C@@H]2CCCN(c3cnc(C(N)=O)c(Nc4cnn(C)c4)n3)[C@@H]2C)cc1.C[C@@H]1[C@H](CC(=O)c2cc3n(n2)CCC3(C)C)CCCN1c1cnc(C(N)=O)c(Nc2cnn(C)c2)n1.C[C@@H]1[C@H](CC(=O)c2ccc(C(C)(C)O)cn2)CCCN1c1cnc(C(N)=O)c(Nc2cnn(C)c2)n1.Cc1cc(C(=O)C[C@@H]2CCCN(c3cnc(C(N)=O)c(Nc4cnn(C)c4)n3)[C@@H]2C)ccc1C(C)(C)O. The molecule has 42 nitrogen and oxygen atoms in total. The van der Waals surface area contributed by atoms with E-state index in [1.54, 1.807) is 173 Å². The highest BCUT2D eigenvalue weighted by Crippen LogP contribution is 2.41. The summed E-state index contributed by atoms with van der Waals surface area (Å²) in [4.78, 5) is 149. The Bertz CT molecular complexity index is 6740. The number of hydrogen-bond donors (Lipinski definition) is 11. The molecule has 42 heteroatoms. The second kappa shape index (κ2) is 45.6. The number of nitrogens with one attached hydrogen (secondary N) is 4. The molecule has 4 amide bonds. The smallest absolute Gasteiger partial charge is 0.271 e. The predicted octanol–water partition coefficient (Wildman–Crippen LogP) is 12.8. The van der Waals surface area contributed by atoms with Crippen molar-refractivity contribution in [3.8, 4) is 0 Å². The topological polar surface area (TPSA) is 568 Å².